The molecular formula is C21H42N2O2. The number of unbranched alkanes of at least 4 members (excludes halogenated alkanes) is 4. The second kappa shape index (κ2) is 12.6. The lowest BCUT2D eigenvalue weighted by Gasteiger charge is -2.33. The number of ether oxygens (including phenoxy) is 1. The predicted molar refractivity (Wildman–Crippen MR) is 106 cm³/mol. The van der Waals surface area contributed by atoms with Crippen molar-refractivity contribution in [1.82, 2.24) is 10.2 Å². The summed E-state index contributed by atoms with van der Waals surface area (Å²) in [5.74, 6) is 0. The zero-order chi connectivity index (χ0) is 18.5. The Kier molecular flexibility index (Phi) is 11.2. The van der Waals surface area contributed by atoms with Crippen molar-refractivity contribution in [2.45, 2.75) is 110 Å². The summed E-state index contributed by atoms with van der Waals surface area (Å²) in [6.45, 7) is 10.8. The maximum Gasteiger partial charge on any atom is 0.410 e. The molecule has 1 fully saturated rings. The van der Waals surface area contributed by atoms with E-state index >= 15 is 0 Å². The average molecular weight is 355 g/mol. The number of nitrogens with one attached hydrogen (secondary N) is 1. The third-order valence-electron chi connectivity index (χ3n) is 4.88. The zero-order valence-electron chi connectivity index (χ0n) is 17.2. The third kappa shape index (κ3) is 10.7. The molecular weight excluding hydrogens is 312 g/mol. The quantitative estimate of drug-likeness (QED) is 0.415. The van der Waals surface area contributed by atoms with Gasteiger partial charge in [-0.3, -0.25) is 0 Å². The molecule has 0 unspecified atom stereocenters. The first kappa shape index (κ1) is 22.3. The maximum atomic E-state index is 12.7. The highest BCUT2D eigenvalue weighted by molar-refractivity contribution is 5.68. The molecule has 0 aliphatic heterocycles. The van der Waals surface area contributed by atoms with Crippen LogP contribution in [0.2, 0.25) is 0 Å². The lowest BCUT2D eigenvalue weighted by atomic mass is 10.1. The Bertz CT molecular complexity index is 344. The summed E-state index contributed by atoms with van der Waals surface area (Å²) in [5, 5.41) is 3.52. The van der Waals surface area contributed by atoms with E-state index in [9.17, 15) is 4.79 Å². The van der Waals surface area contributed by atoms with E-state index in [1.807, 2.05) is 25.7 Å². The Morgan fingerprint density at radius 1 is 1.00 bits per heavy atom. The molecule has 0 radical (unpaired) electrons. The van der Waals surface area contributed by atoms with E-state index in [0.29, 0.717) is 6.04 Å². The lowest BCUT2D eigenvalue weighted by molar-refractivity contribution is 0.0147. The molecule has 1 aliphatic rings. The summed E-state index contributed by atoms with van der Waals surface area (Å²) in [5.41, 5.74) is -0.424. The smallest absolute Gasteiger partial charge is 0.410 e. The van der Waals surface area contributed by atoms with Crippen LogP contribution in [-0.4, -0.2) is 42.3 Å². The van der Waals surface area contributed by atoms with Crippen LogP contribution in [0, 0.1) is 0 Å². The fraction of sp³-hybridized carbons (Fsp3) is 0.952. The monoisotopic (exact) mass is 354 g/mol. The average Bonchev–Trinajstić information content (AvgIpc) is 2.81. The summed E-state index contributed by atoms with van der Waals surface area (Å²) in [7, 11) is 0. The topological polar surface area (TPSA) is 41.6 Å². The molecule has 1 saturated carbocycles. The van der Waals surface area contributed by atoms with E-state index in [4.69, 9.17) is 4.74 Å². The van der Waals surface area contributed by atoms with Crippen LogP contribution in [0.1, 0.15) is 98.3 Å². The van der Waals surface area contributed by atoms with E-state index in [1.165, 1.54) is 57.8 Å². The van der Waals surface area contributed by atoms with Gasteiger partial charge in [0.15, 0.2) is 0 Å². The molecule has 1 rings (SSSR count). The van der Waals surface area contributed by atoms with Gasteiger partial charge < -0.3 is 15.0 Å². The molecule has 1 aliphatic carbocycles. The van der Waals surface area contributed by atoms with Gasteiger partial charge in [-0.2, -0.15) is 0 Å². The van der Waals surface area contributed by atoms with Crippen molar-refractivity contribution in [2.75, 3.05) is 19.6 Å². The first-order chi connectivity index (χ1) is 11.9. The summed E-state index contributed by atoms with van der Waals surface area (Å²) in [6, 6.07) is 0.351. The number of amides is 1. The van der Waals surface area contributed by atoms with Gasteiger partial charge in [0.1, 0.15) is 5.60 Å². The number of carbonyl (C=O) groups excluding carboxylic acids is 1. The minimum Gasteiger partial charge on any atom is -0.444 e. The molecule has 0 saturated heterocycles. The van der Waals surface area contributed by atoms with Gasteiger partial charge in [0, 0.05) is 19.1 Å². The highest BCUT2D eigenvalue weighted by atomic mass is 16.6. The summed E-state index contributed by atoms with van der Waals surface area (Å²) < 4.78 is 5.68. The fourth-order valence-electron chi connectivity index (χ4n) is 3.49. The minimum absolute atomic E-state index is 0.135. The Labute approximate surface area is 156 Å². The number of hydrogen-bond donors (Lipinski definition) is 1. The number of rotatable bonds is 10. The molecule has 0 aromatic heterocycles. The van der Waals surface area contributed by atoms with E-state index in [-0.39, 0.29) is 6.09 Å². The molecule has 1 amide bonds. The van der Waals surface area contributed by atoms with Gasteiger partial charge in [0.05, 0.1) is 0 Å². The van der Waals surface area contributed by atoms with Gasteiger partial charge >= 0.3 is 6.09 Å². The Balaban J connectivity index is 2.41. The van der Waals surface area contributed by atoms with Gasteiger partial charge in [0.2, 0.25) is 0 Å². The Hall–Kier alpha value is -0.770. The van der Waals surface area contributed by atoms with E-state index < -0.39 is 5.60 Å². The molecule has 0 aromatic carbocycles. The van der Waals surface area contributed by atoms with Crippen LogP contribution in [0.15, 0.2) is 0 Å². The molecule has 4 nitrogen and oxygen atoms in total. The predicted octanol–water partition coefficient (Wildman–Crippen LogP) is 5.51. The minimum atomic E-state index is -0.424. The number of hydrogen-bond acceptors (Lipinski definition) is 3. The standard InChI is InChI=1S/C21H42N2O2/c1-5-6-7-10-13-16-22-17-18-23(20(24)25-21(2,3)4)19-14-11-8-9-12-15-19/h19,22H,5-18H2,1-4H3. The van der Waals surface area contributed by atoms with Gasteiger partial charge in [-0.05, 0) is 46.6 Å². The second-order valence-corrected chi connectivity index (χ2v) is 8.48. The van der Waals surface area contributed by atoms with Gasteiger partial charge in [-0.25, -0.2) is 4.79 Å². The lowest BCUT2D eigenvalue weighted by Crippen LogP contribution is -2.46. The molecule has 0 atom stereocenters. The molecule has 0 spiro atoms. The fourth-order valence-corrected chi connectivity index (χ4v) is 3.49. The van der Waals surface area contributed by atoms with Crippen LogP contribution in [0.25, 0.3) is 0 Å². The van der Waals surface area contributed by atoms with Gasteiger partial charge in [0.25, 0.3) is 0 Å². The van der Waals surface area contributed by atoms with Crippen LogP contribution in [-0.2, 0) is 4.74 Å². The maximum absolute atomic E-state index is 12.7. The Morgan fingerprint density at radius 3 is 2.24 bits per heavy atom. The molecule has 25 heavy (non-hydrogen) atoms. The molecule has 0 aromatic rings. The van der Waals surface area contributed by atoms with Crippen LogP contribution < -0.4 is 5.32 Å². The van der Waals surface area contributed by atoms with Crippen molar-refractivity contribution in [3.63, 3.8) is 0 Å². The normalized spacial score (nSPS) is 16.5. The molecule has 4 heteroatoms. The van der Waals surface area contributed by atoms with E-state index in [0.717, 1.165) is 32.5 Å². The van der Waals surface area contributed by atoms with Crippen molar-refractivity contribution < 1.29 is 9.53 Å². The van der Waals surface area contributed by atoms with Gasteiger partial charge in [-0.15, -0.1) is 0 Å². The molecule has 0 heterocycles. The Morgan fingerprint density at radius 2 is 1.64 bits per heavy atom. The van der Waals surface area contributed by atoms with Crippen molar-refractivity contribution in [3.05, 3.63) is 0 Å². The number of carbonyl (C=O) groups is 1. The van der Waals surface area contributed by atoms with Crippen LogP contribution >= 0.6 is 0 Å². The van der Waals surface area contributed by atoms with Crippen molar-refractivity contribution in [1.29, 1.82) is 0 Å². The second-order valence-electron chi connectivity index (χ2n) is 8.48. The SMILES string of the molecule is CCCCCCCNCCN(C(=O)OC(C)(C)C)C1CCCCCC1. The molecule has 1 N–H and O–H groups in total. The zero-order valence-corrected chi connectivity index (χ0v) is 17.2. The van der Waals surface area contributed by atoms with Crippen molar-refractivity contribution in [3.8, 4) is 0 Å². The first-order valence-electron chi connectivity index (χ1n) is 10.6. The van der Waals surface area contributed by atoms with Crippen LogP contribution in [0.4, 0.5) is 4.79 Å². The number of nitrogens with zero attached hydrogens (tertiary/aromatic N) is 1. The first-order valence-corrected chi connectivity index (χ1v) is 10.6. The van der Waals surface area contributed by atoms with E-state index in [1.54, 1.807) is 0 Å². The summed E-state index contributed by atoms with van der Waals surface area (Å²) in [6.07, 6.45) is 13.7. The van der Waals surface area contributed by atoms with Crippen molar-refractivity contribution in [2.24, 2.45) is 0 Å². The van der Waals surface area contributed by atoms with Crippen LogP contribution in [0.5, 0.6) is 0 Å². The highest BCUT2D eigenvalue weighted by Crippen LogP contribution is 2.23. The summed E-state index contributed by atoms with van der Waals surface area (Å²) >= 11 is 0. The van der Waals surface area contributed by atoms with Crippen molar-refractivity contribution >= 4 is 6.09 Å². The molecule has 0 bridgehead atoms. The largest absolute Gasteiger partial charge is 0.444 e. The summed E-state index contributed by atoms with van der Waals surface area (Å²) in [4.78, 5) is 14.7. The highest BCUT2D eigenvalue weighted by Gasteiger charge is 2.28. The van der Waals surface area contributed by atoms with E-state index in [2.05, 4.69) is 12.2 Å². The molecule has 148 valence electrons. The third-order valence-corrected chi connectivity index (χ3v) is 4.88. The van der Waals surface area contributed by atoms with Gasteiger partial charge in [-0.1, -0.05) is 58.3 Å². The van der Waals surface area contributed by atoms with Crippen LogP contribution in [0.3, 0.4) is 0 Å².